The van der Waals surface area contributed by atoms with Gasteiger partial charge in [0, 0.05) is 24.3 Å². The lowest BCUT2D eigenvalue weighted by atomic mass is 10.0. The molecule has 0 aliphatic carbocycles. The molecule has 0 bridgehead atoms. The molecule has 0 radical (unpaired) electrons. The second-order valence-corrected chi connectivity index (χ2v) is 8.57. The molecule has 1 saturated heterocycles. The summed E-state index contributed by atoms with van der Waals surface area (Å²) in [5, 5.41) is 5.15. The van der Waals surface area contributed by atoms with E-state index in [2.05, 4.69) is 10.1 Å². The third-order valence-corrected chi connectivity index (χ3v) is 5.05. The zero-order valence-corrected chi connectivity index (χ0v) is 16.9. The summed E-state index contributed by atoms with van der Waals surface area (Å²) in [4.78, 5) is 4.31. The van der Waals surface area contributed by atoms with Crippen molar-refractivity contribution in [2.24, 2.45) is 11.1 Å². The Bertz CT molecular complexity index is 789. The SMILES string of the molecule is CCS(N)(=O)=O.Clc1ccc(-c2ccc(OCC3CCCOC3)cc2)nc1. The number of pyridine rings is 1. The molecule has 3 rings (SSSR count). The fourth-order valence-electron chi connectivity index (χ4n) is 2.42. The monoisotopic (exact) mass is 412 g/mol. The number of nitrogens with two attached hydrogens (primary N) is 1. The zero-order chi connectivity index (χ0) is 19.7. The van der Waals surface area contributed by atoms with Crippen molar-refractivity contribution in [2.45, 2.75) is 19.8 Å². The number of rotatable bonds is 5. The highest BCUT2D eigenvalue weighted by atomic mass is 35.5. The van der Waals surface area contributed by atoms with Crippen LogP contribution >= 0.6 is 11.6 Å². The minimum atomic E-state index is -3.16. The molecule has 1 aliphatic rings. The molecule has 1 aromatic carbocycles. The van der Waals surface area contributed by atoms with Gasteiger partial charge in [-0.1, -0.05) is 11.6 Å². The first-order valence-corrected chi connectivity index (χ1v) is 10.9. The third-order valence-electron chi connectivity index (χ3n) is 4.02. The molecule has 148 valence electrons. The van der Waals surface area contributed by atoms with E-state index in [0.717, 1.165) is 43.2 Å². The number of primary sulfonamides is 1. The van der Waals surface area contributed by atoms with Crippen molar-refractivity contribution in [1.82, 2.24) is 4.98 Å². The molecular weight excluding hydrogens is 388 g/mol. The van der Waals surface area contributed by atoms with Crippen molar-refractivity contribution in [3.05, 3.63) is 47.6 Å². The number of ether oxygens (including phenoxy) is 2. The number of hydrogen-bond acceptors (Lipinski definition) is 5. The van der Waals surface area contributed by atoms with Gasteiger partial charge >= 0.3 is 0 Å². The van der Waals surface area contributed by atoms with Gasteiger partial charge in [0.2, 0.25) is 10.0 Å². The van der Waals surface area contributed by atoms with Crippen LogP contribution < -0.4 is 9.88 Å². The van der Waals surface area contributed by atoms with Crippen LogP contribution in [0, 0.1) is 5.92 Å². The number of sulfonamides is 1. The van der Waals surface area contributed by atoms with Gasteiger partial charge in [-0.25, -0.2) is 13.6 Å². The molecule has 1 aromatic heterocycles. The Morgan fingerprint density at radius 3 is 2.48 bits per heavy atom. The van der Waals surface area contributed by atoms with Gasteiger partial charge in [0.05, 0.1) is 29.7 Å². The summed E-state index contributed by atoms with van der Waals surface area (Å²) < 4.78 is 30.8. The zero-order valence-electron chi connectivity index (χ0n) is 15.3. The van der Waals surface area contributed by atoms with Crippen LogP contribution in [0.5, 0.6) is 5.75 Å². The number of benzene rings is 1. The average molecular weight is 413 g/mol. The van der Waals surface area contributed by atoms with Crippen LogP contribution in [0.15, 0.2) is 42.6 Å². The van der Waals surface area contributed by atoms with E-state index in [1.165, 1.54) is 13.3 Å². The molecule has 2 aromatic rings. The van der Waals surface area contributed by atoms with Crippen molar-refractivity contribution < 1.29 is 17.9 Å². The van der Waals surface area contributed by atoms with Gasteiger partial charge in [-0.2, -0.15) is 0 Å². The molecule has 6 nitrogen and oxygen atoms in total. The first kappa shape index (κ1) is 21.6. The first-order valence-electron chi connectivity index (χ1n) is 8.80. The topological polar surface area (TPSA) is 91.5 Å². The molecule has 0 amide bonds. The summed E-state index contributed by atoms with van der Waals surface area (Å²) in [6.45, 7) is 3.92. The third kappa shape index (κ3) is 8.26. The van der Waals surface area contributed by atoms with Gasteiger partial charge in [-0.15, -0.1) is 0 Å². The Morgan fingerprint density at radius 2 is 1.96 bits per heavy atom. The largest absolute Gasteiger partial charge is 0.493 e. The summed E-state index contributed by atoms with van der Waals surface area (Å²) in [6, 6.07) is 11.8. The Hall–Kier alpha value is -1.67. The predicted octanol–water partition coefficient (Wildman–Crippen LogP) is 3.50. The molecule has 8 heteroatoms. The molecule has 0 spiro atoms. The fourth-order valence-corrected chi connectivity index (χ4v) is 2.53. The fraction of sp³-hybridized carbons (Fsp3) is 0.421. The van der Waals surface area contributed by atoms with E-state index in [-0.39, 0.29) is 5.75 Å². The minimum Gasteiger partial charge on any atom is -0.493 e. The van der Waals surface area contributed by atoms with Gasteiger partial charge in [0.1, 0.15) is 5.75 Å². The number of hydrogen-bond donors (Lipinski definition) is 1. The van der Waals surface area contributed by atoms with Crippen molar-refractivity contribution >= 4 is 21.6 Å². The lowest BCUT2D eigenvalue weighted by molar-refractivity contribution is 0.0352. The predicted molar refractivity (Wildman–Crippen MR) is 107 cm³/mol. The van der Waals surface area contributed by atoms with Crippen LogP contribution in [0.3, 0.4) is 0 Å². The molecule has 1 unspecified atom stereocenters. The summed E-state index contributed by atoms with van der Waals surface area (Å²) in [5.41, 5.74) is 1.96. The van der Waals surface area contributed by atoms with Gasteiger partial charge in [-0.05, 0) is 56.2 Å². The highest BCUT2D eigenvalue weighted by molar-refractivity contribution is 7.89. The molecule has 1 fully saturated rings. The van der Waals surface area contributed by atoms with Crippen molar-refractivity contribution in [3.8, 4) is 17.0 Å². The Kier molecular flexibility index (Phi) is 8.50. The quantitative estimate of drug-likeness (QED) is 0.811. The van der Waals surface area contributed by atoms with Crippen LogP contribution in [0.4, 0.5) is 0 Å². The average Bonchev–Trinajstić information content (AvgIpc) is 2.68. The minimum absolute atomic E-state index is 0.0208. The highest BCUT2D eigenvalue weighted by Gasteiger charge is 2.14. The first-order chi connectivity index (χ1) is 12.9. The summed E-state index contributed by atoms with van der Waals surface area (Å²) in [7, 11) is -3.16. The second-order valence-electron chi connectivity index (χ2n) is 6.23. The highest BCUT2D eigenvalue weighted by Crippen LogP contribution is 2.23. The van der Waals surface area contributed by atoms with Gasteiger partial charge in [-0.3, -0.25) is 4.98 Å². The molecule has 2 heterocycles. The standard InChI is InChI=1S/C17H18ClNO2.C2H7NO2S/c18-15-5-8-17(19-10-15)14-3-6-16(7-4-14)21-12-13-2-1-9-20-11-13;1-2-6(3,4)5/h3-8,10,13H,1-2,9,11-12H2;2H2,1H3,(H2,3,4,5). The summed E-state index contributed by atoms with van der Waals surface area (Å²) in [5.74, 6) is 1.42. The van der Waals surface area contributed by atoms with Crippen molar-refractivity contribution in [1.29, 1.82) is 0 Å². The number of nitrogens with zero attached hydrogens (tertiary/aromatic N) is 1. The van der Waals surface area contributed by atoms with E-state index in [9.17, 15) is 8.42 Å². The van der Waals surface area contributed by atoms with Crippen LogP contribution in [-0.4, -0.2) is 39.0 Å². The molecule has 1 atom stereocenters. The Balaban J connectivity index is 0.000000380. The van der Waals surface area contributed by atoms with Crippen molar-refractivity contribution in [2.75, 3.05) is 25.6 Å². The maximum Gasteiger partial charge on any atom is 0.208 e. The van der Waals surface area contributed by atoms with Crippen LogP contribution in [0.1, 0.15) is 19.8 Å². The normalized spacial score (nSPS) is 16.9. The molecule has 1 aliphatic heterocycles. The van der Waals surface area contributed by atoms with E-state index >= 15 is 0 Å². The van der Waals surface area contributed by atoms with E-state index in [1.807, 2.05) is 36.4 Å². The second kappa shape index (κ2) is 10.6. The summed E-state index contributed by atoms with van der Waals surface area (Å²) >= 11 is 5.85. The van der Waals surface area contributed by atoms with Gasteiger partial charge in [0.15, 0.2) is 0 Å². The number of halogens is 1. The maximum atomic E-state index is 9.78. The molecular formula is C19H25ClN2O4S. The maximum absolute atomic E-state index is 9.78. The van der Waals surface area contributed by atoms with Crippen LogP contribution in [0.25, 0.3) is 11.3 Å². The van der Waals surface area contributed by atoms with Crippen LogP contribution in [-0.2, 0) is 14.8 Å². The van der Waals surface area contributed by atoms with Crippen molar-refractivity contribution in [3.63, 3.8) is 0 Å². The van der Waals surface area contributed by atoms with E-state index < -0.39 is 10.0 Å². The molecule has 0 saturated carbocycles. The lowest BCUT2D eigenvalue weighted by Gasteiger charge is -2.22. The smallest absolute Gasteiger partial charge is 0.208 e. The van der Waals surface area contributed by atoms with E-state index in [1.54, 1.807) is 6.20 Å². The van der Waals surface area contributed by atoms with E-state index in [0.29, 0.717) is 10.9 Å². The molecule has 27 heavy (non-hydrogen) atoms. The van der Waals surface area contributed by atoms with Crippen LogP contribution in [0.2, 0.25) is 5.02 Å². The number of aromatic nitrogens is 1. The Morgan fingerprint density at radius 1 is 1.26 bits per heavy atom. The lowest BCUT2D eigenvalue weighted by Crippen LogP contribution is -2.23. The van der Waals surface area contributed by atoms with Gasteiger partial charge < -0.3 is 9.47 Å². The summed E-state index contributed by atoms with van der Waals surface area (Å²) in [6.07, 6.45) is 3.98. The Labute approximate surface area is 165 Å². The van der Waals surface area contributed by atoms with Gasteiger partial charge in [0.25, 0.3) is 0 Å². The molecule has 2 N–H and O–H groups in total. The van der Waals surface area contributed by atoms with E-state index in [4.69, 9.17) is 21.1 Å².